The number of fused-ring (bicyclic) bond motifs is 2. The van der Waals surface area contributed by atoms with E-state index >= 15 is 0 Å². The zero-order valence-electron chi connectivity index (χ0n) is 14.8. The minimum Gasteiger partial charge on any atom is -0.474 e. The van der Waals surface area contributed by atoms with Crippen molar-refractivity contribution in [1.29, 1.82) is 0 Å². The quantitative estimate of drug-likeness (QED) is 0.605. The number of aromatic nitrogens is 2. The van der Waals surface area contributed by atoms with E-state index in [1.54, 1.807) is 22.8 Å². The van der Waals surface area contributed by atoms with Crippen molar-refractivity contribution in [3.63, 3.8) is 0 Å². The molecule has 0 fully saturated rings. The maximum absolute atomic E-state index is 12.9. The van der Waals surface area contributed by atoms with Gasteiger partial charge in [0.15, 0.2) is 0 Å². The molecule has 0 unspecified atom stereocenters. The summed E-state index contributed by atoms with van der Waals surface area (Å²) in [7, 11) is 0. The number of aliphatic carboxylic acids is 1. The van der Waals surface area contributed by atoms with Gasteiger partial charge >= 0.3 is 11.9 Å². The fraction of sp³-hybridized carbons (Fsp3) is 0.100. The van der Waals surface area contributed by atoms with Gasteiger partial charge in [0, 0.05) is 27.8 Å². The number of hydrogen-bond acceptors (Lipinski definition) is 4. The van der Waals surface area contributed by atoms with Gasteiger partial charge in [0.2, 0.25) is 0 Å². The van der Waals surface area contributed by atoms with Crippen molar-refractivity contribution in [2.75, 3.05) is 5.32 Å². The number of hydrogen-bond donors (Lipinski definition) is 2. The Labute approximate surface area is 174 Å². The van der Waals surface area contributed by atoms with E-state index in [1.165, 1.54) is 18.2 Å². The normalized spacial score (nSPS) is 14.2. The highest BCUT2D eigenvalue weighted by molar-refractivity contribution is 6.37. The summed E-state index contributed by atoms with van der Waals surface area (Å²) in [5, 5.41) is 12.3. The lowest BCUT2D eigenvalue weighted by Crippen LogP contribution is -2.23. The van der Waals surface area contributed by atoms with Gasteiger partial charge in [-0.05, 0) is 48.4 Å². The maximum Gasteiger partial charge on any atom is 0.394 e. The van der Waals surface area contributed by atoms with Crippen LogP contribution in [-0.2, 0) is 16.1 Å². The van der Waals surface area contributed by atoms with Crippen LogP contribution in [0.15, 0.2) is 41.2 Å². The number of carboxylic acid groups (broad SMARTS) is 1. The fourth-order valence-corrected chi connectivity index (χ4v) is 3.75. The molecule has 0 radical (unpaired) electrons. The molecule has 0 spiro atoms. The lowest BCUT2D eigenvalue weighted by Gasteiger charge is -2.08. The second-order valence-corrected chi connectivity index (χ2v) is 7.25. The molecule has 0 bridgehead atoms. The van der Waals surface area contributed by atoms with Gasteiger partial charge in [-0.25, -0.2) is 9.78 Å². The van der Waals surface area contributed by atoms with E-state index < -0.39 is 11.9 Å². The van der Waals surface area contributed by atoms with Crippen LogP contribution in [0.1, 0.15) is 17.8 Å². The van der Waals surface area contributed by atoms with Crippen molar-refractivity contribution in [1.82, 2.24) is 9.55 Å². The Morgan fingerprint density at radius 3 is 2.59 bits per heavy atom. The second-order valence-electron chi connectivity index (χ2n) is 6.44. The molecule has 7 nitrogen and oxygen atoms in total. The van der Waals surface area contributed by atoms with E-state index in [-0.39, 0.29) is 11.2 Å². The van der Waals surface area contributed by atoms with Crippen LogP contribution in [0.3, 0.4) is 0 Å². The van der Waals surface area contributed by atoms with Gasteiger partial charge in [0.1, 0.15) is 5.82 Å². The Morgan fingerprint density at radius 1 is 1.17 bits per heavy atom. The molecule has 9 heteroatoms. The summed E-state index contributed by atoms with van der Waals surface area (Å²) < 4.78 is 1.58. The molecule has 1 amide bonds. The Hall–Kier alpha value is -3.16. The predicted molar refractivity (Wildman–Crippen MR) is 111 cm³/mol. The van der Waals surface area contributed by atoms with E-state index in [2.05, 4.69) is 10.3 Å². The zero-order chi connectivity index (χ0) is 20.7. The van der Waals surface area contributed by atoms with Crippen LogP contribution in [0.4, 0.5) is 5.69 Å². The smallest absolute Gasteiger partial charge is 0.394 e. The Balaban J connectivity index is 1.83. The minimum atomic E-state index is -1.60. The summed E-state index contributed by atoms with van der Waals surface area (Å²) in [6, 6.07) is 9.66. The van der Waals surface area contributed by atoms with E-state index in [0.717, 1.165) is 5.57 Å². The third-order valence-electron chi connectivity index (χ3n) is 4.62. The second kappa shape index (κ2) is 7.35. The summed E-state index contributed by atoms with van der Waals surface area (Å²) >= 11 is 12.5. The SMILES string of the molecule is O=C(O)C(=O)Nc1ccc2c(=O)n3c(nc2c1)C(=Cc1c(Cl)cccc1Cl)CC3. The fourth-order valence-electron chi connectivity index (χ4n) is 3.24. The molecule has 2 aromatic carbocycles. The largest absolute Gasteiger partial charge is 0.474 e. The first-order valence-electron chi connectivity index (χ1n) is 8.59. The number of nitrogens with zero attached hydrogens (tertiary/aromatic N) is 2. The molecular formula is C20H13Cl2N3O4. The van der Waals surface area contributed by atoms with Gasteiger partial charge in [-0.2, -0.15) is 0 Å². The first-order chi connectivity index (χ1) is 13.8. The summed E-state index contributed by atoms with van der Waals surface area (Å²) in [4.78, 5) is 39.6. The third-order valence-corrected chi connectivity index (χ3v) is 5.28. The molecule has 1 aliphatic heterocycles. The summed E-state index contributed by atoms with van der Waals surface area (Å²) in [6.45, 7) is 0.475. The summed E-state index contributed by atoms with van der Waals surface area (Å²) in [5.41, 5.74) is 1.83. The number of amides is 1. The monoisotopic (exact) mass is 429 g/mol. The third kappa shape index (κ3) is 3.50. The molecule has 0 saturated heterocycles. The molecule has 1 aliphatic rings. The van der Waals surface area contributed by atoms with Gasteiger partial charge in [-0.3, -0.25) is 14.2 Å². The highest BCUT2D eigenvalue weighted by atomic mass is 35.5. The standard InChI is InChI=1S/C20H13Cl2N3O4/c21-14-2-1-3-15(22)13(14)8-10-6-7-25-17(10)24-16-9-11(23-18(26)20(28)29)4-5-12(16)19(25)27/h1-5,8-9H,6-7H2,(H,23,26)(H,28,29). The molecule has 4 rings (SSSR count). The average Bonchev–Trinajstić information content (AvgIpc) is 3.07. The number of allylic oxidation sites excluding steroid dienone is 1. The number of benzene rings is 2. The number of carbonyl (C=O) groups excluding carboxylic acids is 1. The van der Waals surface area contributed by atoms with E-state index in [4.69, 9.17) is 28.3 Å². The van der Waals surface area contributed by atoms with Crippen molar-refractivity contribution in [3.8, 4) is 0 Å². The number of carbonyl (C=O) groups is 2. The Bertz CT molecular complexity index is 1260. The predicted octanol–water partition coefficient (Wildman–Crippen LogP) is 3.67. The molecule has 146 valence electrons. The number of carboxylic acids is 1. The van der Waals surface area contributed by atoms with Crippen molar-refractivity contribution >= 4 is 63.3 Å². The molecule has 0 atom stereocenters. The first kappa shape index (κ1) is 19.2. The average molecular weight is 430 g/mol. The molecule has 0 aliphatic carbocycles. The Kier molecular flexibility index (Phi) is 4.86. The molecule has 2 N–H and O–H groups in total. The first-order valence-corrected chi connectivity index (χ1v) is 9.34. The number of nitrogens with one attached hydrogen (secondary N) is 1. The highest BCUT2D eigenvalue weighted by Gasteiger charge is 2.22. The number of anilines is 1. The van der Waals surface area contributed by atoms with Crippen molar-refractivity contribution in [2.24, 2.45) is 0 Å². The highest BCUT2D eigenvalue weighted by Crippen LogP contribution is 2.33. The van der Waals surface area contributed by atoms with Gasteiger partial charge < -0.3 is 10.4 Å². The van der Waals surface area contributed by atoms with E-state index in [0.29, 0.717) is 45.3 Å². The zero-order valence-corrected chi connectivity index (χ0v) is 16.3. The van der Waals surface area contributed by atoms with Gasteiger partial charge in [-0.15, -0.1) is 0 Å². The van der Waals surface area contributed by atoms with Crippen LogP contribution in [0, 0.1) is 0 Å². The van der Waals surface area contributed by atoms with Gasteiger partial charge in [0.25, 0.3) is 5.56 Å². The lowest BCUT2D eigenvalue weighted by atomic mass is 10.1. The summed E-state index contributed by atoms with van der Waals surface area (Å²) in [5.74, 6) is -2.29. The van der Waals surface area contributed by atoms with Crippen LogP contribution in [0.2, 0.25) is 10.0 Å². The maximum atomic E-state index is 12.9. The van der Waals surface area contributed by atoms with Crippen molar-refractivity contribution in [3.05, 3.63) is 68.2 Å². The van der Waals surface area contributed by atoms with E-state index in [9.17, 15) is 14.4 Å². The molecule has 1 aromatic heterocycles. The molecule has 3 aromatic rings. The van der Waals surface area contributed by atoms with Crippen LogP contribution in [-0.4, -0.2) is 26.5 Å². The lowest BCUT2D eigenvalue weighted by molar-refractivity contribution is -0.147. The van der Waals surface area contributed by atoms with Crippen LogP contribution >= 0.6 is 23.2 Å². The van der Waals surface area contributed by atoms with Gasteiger partial charge in [-0.1, -0.05) is 29.3 Å². The molecule has 2 heterocycles. The number of rotatable bonds is 2. The minimum absolute atomic E-state index is 0.213. The van der Waals surface area contributed by atoms with E-state index in [1.807, 2.05) is 6.08 Å². The Morgan fingerprint density at radius 2 is 1.90 bits per heavy atom. The molecular weight excluding hydrogens is 417 g/mol. The number of halogens is 2. The van der Waals surface area contributed by atoms with Crippen LogP contribution in [0.5, 0.6) is 0 Å². The summed E-state index contributed by atoms with van der Waals surface area (Å²) in [6.07, 6.45) is 2.40. The van der Waals surface area contributed by atoms with Crippen LogP contribution in [0.25, 0.3) is 22.6 Å². The topological polar surface area (TPSA) is 101 Å². The van der Waals surface area contributed by atoms with Gasteiger partial charge in [0.05, 0.1) is 10.9 Å². The van der Waals surface area contributed by atoms with Crippen molar-refractivity contribution in [2.45, 2.75) is 13.0 Å². The molecule has 29 heavy (non-hydrogen) atoms. The van der Waals surface area contributed by atoms with Crippen LogP contribution < -0.4 is 10.9 Å². The van der Waals surface area contributed by atoms with Crippen molar-refractivity contribution < 1.29 is 14.7 Å². The molecule has 0 saturated carbocycles.